The summed E-state index contributed by atoms with van der Waals surface area (Å²) in [6, 6.07) is 21.2. The van der Waals surface area contributed by atoms with Crippen LogP contribution < -0.4 is 9.04 Å². The van der Waals surface area contributed by atoms with E-state index < -0.39 is 10.0 Å². The topological polar surface area (TPSA) is 66.9 Å². The number of amides is 1. The smallest absolute Gasteiger partial charge is 0.264 e. The molecule has 0 bridgehead atoms. The van der Waals surface area contributed by atoms with Crippen molar-refractivity contribution in [3.05, 3.63) is 83.9 Å². The lowest BCUT2D eigenvalue weighted by Crippen LogP contribution is -2.41. The number of sulfonamides is 1. The molecule has 0 radical (unpaired) electrons. The van der Waals surface area contributed by atoms with Crippen molar-refractivity contribution in [1.82, 2.24) is 4.90 Å². The zero-order valence-corrected chi connectivity index (χ0v) is 20.8. The standard InChI is InChI=1S/C25H28N2O4S2/c1-19-9-11-21(12-10-19)27(33(29,30)23-15-13-22(32-4)14-16-23)18-25(28)26(2)17-20-7-5-6-8-24(20)31-3/h5-16H,17-18H2,1-4H3. The van der Waals surface area contributed by atoms with Gasteiger partial charge in [-0.2, -0.15) is 0 Å². The number of anilines is 1. The molecule has 0 fully saturated rings. The Hall–Kier alpha value is -2.97. The molecule has 6 nitrogen and oxygen atoms in total. The summed E-state index contributed by atoms with van der Waals surface area (Å²) in [5.41, 5.74) is 2.28. The fourth-order valence-electron chi connectivity index (χ4n) is 3.32. The maximum Gasteiger partial charge on any atom is 0.264 e. The summed E-state index contributed by atoms with van der Waals surface area (Å²) in [4.78, 5) is 15.8. The van der Waals surface area contributed by atoms with Crippen LogP contribution in [-0.4, -0.2) is 46.2 Å². The minimum Gasteiger partial charge on any atom is -0.496 e. The van der Waals surface area contributed by atoms with Gasteiger partial charge in [0.1, 0.15) is 12.3 Å². The molecule has 8 heteroatoms. The number of nitrogens with zero attached hydrogens (tertiary/aromatic N) is 2. The van der Waals surface area contributed by atoms with Crippen LogP contribution >= 0.6 is 11.8 Å². The Kier molecular flexibility index (Phi) is 8.05. The molecule has 0 aromatic heterocycles. The van der Waals surface area contributed by atoms with Crippen LogP contribution in [-0.2, 0) is 21.4 Å². The molecule has 0 heterocycles. The predicted molar refractivity (Wildman–Crippen MR) is 133 cm³/mol. The summed E-state index contributed by atoms with van der Waals surface area (Å²) in [6.07, 6.45) is 1.93. The number of rotatable bonds is 9. The highest BCUT2D eigenvalue weighted by Gasteiger charge is 2.28. The Morgan fingerprint density at radius 3 is 2.21 bits per heavy atom. The summed E-state index contributed by atoms with van der Waals surface area (Å²) in [7, 11) is -0.722. The number of hydrogen-bond donors (Lipinski definition) is 0. The molecule has 174 valence electrons. The van der Waals surface area contributed by atoms with Crippen molar-refractivity contribution in [3.8, 4) is 5.75 Å². The van der Waals surface area contributed by atoms with E-state index in [1.807, 2.05) is 49.6 Å². The molecular weight excluding hydrogens is 456 g/mol. The second kappa shape index (κ2) is 10.8. The molecule has 0 unspecified atom stereocenters. The molecule has 33 heavy (non-hydrogen) atoms. The molecule has 0 atom stereocenters. The van der Waals surface area contributed by atoms with Gasteiger partial charge in [-0.25, -0.2) is 8.42 Å². The lowest BCUT2D eigenvalue weighted by atomic mass is 10.2. The zero-order valence-electron chi connectivity index (χ0n) is 19.2. The van der Waals surface area contributed by atoms with E-state index >= 15 is 0 Å². The monoisotopic (exact) mass is 484 g/mol. The van der Waals surface area contributed by atoms with E-state index in [1.165, 1.54) is 21.0 Å². The summed E-state index contributed by atoms with van der Waals surface area (Å²) in [5.74, 6) is 0.347. The van der Waals surface area contributed by atoms with Gasteiger partial charge in [0.05, 0.1) is 17.7 Å². The number of ether oxygens (including phenoxy) is 1. The van der Waals surface area contributed by atoms with Crippen LogP contribution in [0.5, 0.6) is 5.75 Å². The number of benzene rings is 3. The van der Waals surface area contributed by atoms with Gasteiger partial charge in [-0.3, -0.25) is 9.10 Å². The average molecular weight is 485 g/mol. The van der Waals surface area contributed by atoms with Crippen LogP contribution in [0.1, 0.15) is 11.1 Å². The highest BCUT2D eigenvalue weighted by atomic mass is 32.2. The van der Waals surface area contributed by atoms with Crippen molar-refractivity contribution in [3.63, 3.8) is 0 Å². The maximum atomic E-state index is 13.6. The number of thioether (sulfide) groups is 1. The number of methoxy groups -OCH3 is 1. The Labute approximate surface area is 200 Å². The van der Waals surface area contributed by atoms with Gasteiger partial charge in [0.15, 0.2) is 0 Å². The highest BCUT2D eigenvalue weighted by molar-refractivity contribution is 7.98. The van der Waals surface area contributed by atoms with E-state index in [0.717, 1.165) is 16.0 Å². The third-order valence-corrected chi connectivity index (χ3v) is 7.81. The Balaban J connectivity index is 1.91. The van der Waals surface area contributed by atoms with Crippen molar-refractivity contribution in [1.29, 1.82) is 0 Å². The quantitative estimate of drug-likeness (QED) is 0.416. The lowest BCUT2D eigenvalue weighted by molar-refractivity contribution is -0.128. The first-order chi connectivity index (χ1) is 15.8. The fourth-order valence-corrected chi connectivity index (χ4v) is 5.14. The first kappa shape index (κ1) is 24.7. The van der Waals surface area contributed by atoms with Gasteiger partial charge >= 0.3 is 0 Å². The normalized spacial score (nSPS) is 11.2. The van der Waals surface area contributed by atoms with Crippen LogP contribution in [0.3, 0.4) is 0 Å². The fraction of sp³-hybridized carbons (Fsp3) is 0.240. The average Bonchev–Trinajstić information content (AvgIpc) is 2.83. The van der Waals surface area contributed by atoms with Crippen LogP contribution in [0.15, 0.2) is 82.6 Å². The molecule has 0 saturated carbocycles. The largest absolute Gasteiger partial charge is 0.496 e. The first-order valence-corrected chi connectivity index (χ1v) is 13.0. The second-order valence-corrected chi connectivity index (χ2v) is 10.3. The van der Waals surface area contributed by atoms with E-state index in [-0.39, 0.29) is 17.3 Å². The van der Waals surface area contributed by atoms with Crippen molar-refractivity contribution in [2.75, 3.05) is 31.3 Å². The summed E-state index contributed by atoms with van der Waals surface area (Å²) in [6.45, 7) is 1.91. The van der Waals surface area contributed by atoms with Crippen molar-refractivity contribution in [2.45, 2.75) is 23.3 Å². The van der Waals surface area contributed by atoms with Crippen LogP contribution in [0, 0.1) is 6.92 Å². The second-order valence-electron chi connectivity index (χ2n) is 7.58. The van der Waals surface area contributed by atoms with Gasteiger partial charge in [0, 0.05) is 24.1 Å². The van der Waals surface area contributed by atoms with Crippen LogP contribution in [0.4, 0.5) is 5.69 Å². The molecule has 3 rings (SSSR count). The van der Waals surface area contributed by atoms with E-state index in [0.29, 0.717) is 18.0 Å². The van der Waals surface area contributed by atoms with E-state index in [1.54, 1.807) is 50.6 Å². The molecule has 0 saturated heterocycles. The van der Waals surface area contributed by atoms with Gasteiger partial charge in [-0.15, -0.1) is 11.8 Å². The first-order valence-electron chi connectivity index (χ1n) is 10.4. The van der Waals surface area contributed by atoms with Crippen LogP contribution in [0.25, 0.3) is 0 Å². The molecule has 3 aromatic rings. The molecule has 0 aliphatic heterocycles. The molecule has 3 aromatic carbocycles. The molecule has 0 N–H and O–H groups in total. The van der Waals surface area contributed by atoms with Gasteiger partial charge in [0.2, 0.25) is 5.91 Å². The Morgan fingerprint density at radius 1 is 0.970 bits per heavy atom. The SMILES string of the molecule is COc1ccccc1CN(C)C(=O)CN(c1ccc(C)cc1)S(=O)(=O)c1ccc(SC)cc1. The van der Waals surface area contributed by atoms with Crippen molar-refractivity contribution in [2.24, 2.45) is 0 Å². The van der Waals surface area contributed by atoms with E-state index in [4.69, 9.17) is 4.74 Å². The van der Waals surface area contributed by atoms with Gasteiger partial charge in [0.25, 0.3) is 10.0 Å². The zero-order chi connectivity index (χ0) is 24.0. The van der Waals surface area contributed by atoms with Crippen molar-refractivity contribution < 1.29 is 17.9 Å². The molecule has 0 spiro atoms. The van der Waals surface area contributed by atoms with Gasteiger partial charge < -0.3 is 9.64 Å². The molecule has 0 aliphatic rings. The maximum absolute atomic E-state index is 13.6. The number of para-hydroxylation sites is 1. The minimum absolute atomic E-state index is 0.140. The molecule has 0 aliphatic carbocycles. The van der Waals surface area contributed by atoms with Gasteiger partial charge in [-0.1, -0.05) is 35.9 Å². The summed E-state index contributed by atoms with van der Waals surface area (Å²) >= 11 is 1.53. The number of aryl methyl sites for hydroxylation is 1. The van der Waals surface area contributed by atoms with Gasteiger partial charge in [-0.05, 0) is 55.6 Å². The third-order valence-electron chi connectivity index (χ3n) is 5.27. The van der Waals surface area contributed by atoms with Crippen molar-refractivity contribution >= 4 is 33.4 Å². The highest BCUT2D eigenvalue weighted by Crippen LogP contribution is 2.26. The Bertz CT molecular complexity index is 1190. The third kappa shape index (κ3) is 5.89. The molecular formula is C25H28N2O4S2. The minimum atomic E-state index is -3.95. The summed E-state index contributed by atoms with van der Waals surface area (Å²) < 4.78 is 33.7. The molecule has 1 amide bonds. The van der Waals surface area contributed by atoms with Crippen LogP contribution in [0.2, 0.25) is 0 Å². The number of likely N-dealkylation sites (N-methyl/N-ethyl adjacent to an activating group) is 1. The van der Waals surface area contributed by atoms with E-state index in [2.05, 4.69) is 0 Å². The summed E-state index contributed by atoms with van der Waals surface area (Å²) in [5, 5.41) is 0. The number of carbonyl (C=O) groups excluding carboxylic acids is 1. The number of carbonyl (C=O) groups is 1. The number of hydrogen-bond acceptors (Lipinski definition) is 5. The Morgan fingerprint density at radius 2 is 1.61 bits per heavy atom. The predicted octanol–water partition coefficient (Wildman–Crippen LogP) is 4.58. The lowest BCUT2D eigenvalue weighted by Gasteiger charge is -2.27. The van der Waals surface area contributed by atoms with E-state index in [9.17, 15) is 13.2 Å².